The third-order valence-electron chi connectivity index (χ3n) is 4.77. The number of aromatic hydroxyl groups is 1. The van der Waals surface area contributed by atoms with Crippen LogP contribution in [-0.4, -0.2) is 40.6 Å². The Kier molecular flexibility index (Phi) is 5.64. The number of carbonyl (C=O) groups excluding carboxylic acids is 1. The van der Waals surface area contributed by atoms with Crippen LogP contribution in [0.5, 0.6) is 5.75 Å². The average Bonchev–Trinajstić information content (AvgIpc) is 3.24. The van der Waals surface area contributed by atoms with E-state index in [1.54, 1.807) is 12.1 Å². The number of hydrogen-bond acceptors (Lipinski definition) is 4. The van der Waals surface area contributed by atoms with Crippen LogP contribution in [0.3, 0.4) is 0 Å². The second-order valence-corrected chi connectivity index (χ2v) is 9.33. The number of hydrogen-bond donors (Lipinski definition) is 2. The van der Waals surface area contributed by atoms with E-state index in [2.05, 4.69) is 23.5 Å². The first-order valence-electron chi connectivity index (χ1n) is 9.06. The van der Waals surface area contributed by atoms with Gasteiger partial charge in [0.15, 0.2) is 0 Å². The van der Waals surface area contributed by atoms with Crippen molar-refractivity contribution in [1.82, 2.24) is 4.90 Å². The van der Waals surface area contributed by atoms with Gasteiger partial charge in [-0.15, -0.1) is 23.5 Å². The topological polar surface area (TPSA) is 52.6 Å². The van der Waals surface area contributed by atoms with E-state index in [0.29, 0.717) is 17.7 Å². The van der Waals surface area contributed by atoms with Gasteiger partial charge in [-0.3, -0.25) is 0 Å². The summed E-state index contributed by atoms with van der Waals surface area (Å²) in [4.78, 5) is 14.5. The van der Waals surface area contributed by atoms with Crippen LogP contribution < -0.4 is 5.32 Å². The van der Waals surface area contributed by atoms with E-state index in [4.69, 9.17) is 0 Å². The monoisotopic (exact) mass is 398 g/mol. The summed E-state index contributed by atoms with van der Waals surface area (Å²) in [6.07, 6.45) is 2.91. The predicted molar refractivity (Wildman–Crippen MR) is 115 cm³/mol. The molecule has 2 aliphatic heterocycles. The van der Waals surface area contributed by atoms with E-state index in [1.165, 1.54) is 22.6 Å². The molecule has 0 unspecified atom stereocenters. The molecule has 2 N–H and O–H groups in total. The number of phenolic OH excluding ortho intramolecular Hbond substituents is 1. The smallest absolute Gasteiger partial charge is 0.322 e. The fourth-order valence-corrected chi connectivity index (χ4v) is 6.15. The molecule has 27 heavy (non-hydrogen) atoms. The van der Waals surface area contributed by atoms with E-state index in [9.17, 15) is 9.90 Å². The van der Waals surface area contributed by atoms with Gasteiger partial charge in [0.05, 0.1) is 4.58 Å². The Balaban J connectivity index is 1.38. The van der Waals surface area contributed by atoms with Crippen LogP contribution in [0.15, 0.2) is 54.6 Å². The first-order valence-corrected chi connectivity index (χ1v) is 11.2. The van der Waals surface area contributed by atoms with E-state index in [-0.39, 0.29) is 11.8 Å². The zero-order valence-electron chi connectivity index (χ0n) is 14.9. The summed E-state index contributed by atoms with van der Waals surface area (Å²) in [6.45, 7) is 1.28. The summed E-state index contributed by atoms with van der Waals surface area (Å²) in [5, 5.41) is 12.5. The van der Waals surface area contributed by atoms with Crippen LogP contribution in [0.1, 0.15) is 22.1 Å². The Morgan fingerprint density at radius 2 is 1.89 bits per heavy atom. The SMILES string of the molecule is O=C(Nc1cccc(C2SCCS2)c1)N1CC=C(c2ccc(O)cc2)CC1. The molecule has 2 heterocycles. The summed E-state index contributed by atoms with van der Waals surface area (Å²) in [5.74, 6) is 2.65. The van der Waals surface area contributed by atoms with Crippen molar-refractivity contribution in [3.8, 4) is 5.75 Å². The Bertz CT molecular complexity index is 846. The number of nitrogens with zero attached hydrogens (tertiary/aromatic N) is 1. The first kappa shape index (κ1) is 18.3. The maximum atomic E-state index is 12.6. The van der Waals surface area contributed by atoms with Gasteiger partial charge in [-0.2, -0.15) is 0 Å². The molecule has 1 fully saturated rings. The summed E-state index contributed by atoms with van der Waals surface area (Å²) < 4.78 is 0.479. The standard InChI is InChI=1S/C21H22N2O2S2/c24-19-6-4-15(5-7-19)16-8-10-23(11-9-16)21(25)22-18-3-1-2-17(14-18)20-26-12-13-27-20/h1-8,14,20,24H,9-13H2,(H,22,25). The lowest BCUT2D eigenvalue weighted by Crippen LogP contribution is -2.37. The number of benzene rings is 2. The van der Waals surface area contributed by atoms with Gasteiger partial charge in [-0.05, 0) is 47.4 Å². The highest BCUT2D eigenvalue weighted by atomic mass is 32.2. The van der Waals surface area contributed by atoms with Crippen molar-refractivity contribution in [3.05, 3.63) is 65.7 Å². The quantitative estimate of drug-likeness (QED) is 0.747. The number of nitrogens with one attached hydrogen (secondary N) is 1. The minimum absolute atomic E-state index is 0.0557. The Labute approximate surface area is 168 Å². The van der Waals surface area contributed by atoms with Crippen LogP contribution in [0.4, 0.5) is 10.5 Å². The molecular weight excluding hydrogens is 376 g/mol. The lowest BCUT2D eigenvalue weighted by Gasteiger charge is -2.27. The highest BCUT2D eigenvalue weighted by Crippen LogP contribution is 2.45. The van der Waals surface area contributed by atoms with Crippen molar-refractivity contribution in [2.45, 2.75) is 11.0 Å². The molecule has 2 amide bonds. The largest absolute Gasteiger partial charge is 0.508 e. The molecule has 2 aliphatic rings. The number of carbonyl (C=O) groups is 1. The fourth-order valence-electron chi connectivity index (χ4n) is 3.31. The predicted octanol–water partition coefficient (Wildman–Crippen LogP) is 5.19. The minimum Gasteiger partial charge on any atom is -0.508 e. The molecule has 0 atom stereocenters. The number of phenols is 1. The van der Waals surface area contributed by atoms with Crippen molar-refractivity contribution in [3.63, 3.8) is 0 Å². The van der Waals surface area contributed by atoms with Gasteiger partial charge in [0, 0.05) is 30.3 Å². The maximum Gasteiger partial charge on any atom is 0.322 e. The zero-order valence-corrected chi connectivity index (χ0v) is 16.6. The summed E-state index contributed by atoms with van der Waals surface area (Å²) in [5.41, 5.74) is 4.45. The zero-order chi connectivity index (χ0) is 18.6. The number of rotatable bonds is 3. The molecule has 0 bridgehead atoms. The molecule has 0 aliphatic carbocycles. The molecule has 2 aromatic rings. The molecular formula is C21H22N2O2S2. The number of amides is 2. The van der Waals surface area contributed by atoms with Crippen molar-refractivity contribution in [2.24, 2.45) is 0 Å². The maximum absolute atomic E-state index is 12.6. The lowest BCUT2D eigenvalue weighted by molar-refractivity contribution is 0.217. The van der Waals surface area contributed by atoms with Crippen molar-refractivity contribution >= 4 is 40.8 Å². The summed E-state index contributed by atoms with van der Waals surface area (Å²) in [6, 6.07) is 15.4. The number of anilines is 1. The molecule has 0 aromatic heterocycles. The first-order chi connectivity index (χ1) is 13.2. The van der Waals surface area contributed by atoms with E-state index in [1.807, 2.05) is 52.7 Å². The van der Waals surface area contributed by atoms with E-state index in [0.717, 1.165) is 17.7 Å². The van der Waals surface area contributed by atoms with E-state index < -0.39 is 0 Å². The second-order valence-electron chi connectivity index (χ2n) is 6.60. The molecule has 140 valence electrons. The molecule has 0 spiro atoms. The van der Waals surface area contributed by atoms with Crippen LogP contribution >= 0.6 is 23.5 Å². The molecule has 4 nitrogen and oxygen atoms in total. The normalized spacial score (nSPS) is 17.6. The van der Waals surface area contributed by atoms with Crippen LogP contribution in [-0.2, 0) is 0 Å². The van der Waals surface area contributed by atoms with Gasteiger partial charge < -0.3 is 15.3 Å². The van der Waals surface area contributed by atoms with Gasteiger partial charge in [0.2, 0.25) is 0 Å². The molecule has 0 radical (unpaired) electrons. The molecule has 0 saturated carbocycles. The molecule has 1 saturated heterocycles. The van der Waals surface area contributed by atoms with Crippen LogP contribution in [0.2, 0.25) is 0 Å². The molecule has 2 aromatic carbocycles. The number of urea groups is 1. The van der Waals surface area contributed by atoms with Gasteiger partial charge in [0.1, 0.15) is 5.75 Å². The molecule has 6 heteroatoms. The average molecular weight is 399 g/mol. The summed E-state index contributed by atoms with van der Waals surface area (Å²) >= 11 is 3.93. The minimum atomic E-state index is -0.0557. The third-order valence-corrected chi connectivity index (χ3v) is 7.87. The lowest BCUT2D eigenvalue weighted by atomic mass is 9.99. The highest BCUT2D eigenvalue weighted by Gasteiger charge is 2.20. The molecule has 4 rings (SSSR count). The van der Waals surface area contributed by atoms with Crippen molar-refractivity contribution in [2.75, 3.05) is 29.9 Å². The highest BCUT2D eigenvalue weighted by molar-refractivity contribution is 8.19. The van der Waals surface area contributed by atoms with Crippen LogP contribution in [0, 0.1) is 0 Å². The Hall–Kier alpha value is -2.05. The van der Waals surface area contributed by atoms with Gasteiger partial charge in [-0.25, -0.2) is 4.79 Å². The number of thioether (sulfide) groups is 2. The Morgan fingerprint density at radius 1 is 1.11 bits per heavy atom. The van der Waals surface area contributed by atoms with Gasteiger partial charge >= 0.3 is 6.03 Å². The van der Waals surface area contributed by atoms with Crippen molar-refractivity contribution < 1.29 is 9.90 Å². The second kappa shape index (κ2) is 8.31. The van der Waals surface area contributed by atoms with Gasteiger partial charge in [-0.1, -0.05) is 30.3 Å². The van der Waals surface area contributed by atoms with Crippen LogP contribution in [0.25, 0.3) is 5.57 Å². The van der Waals surface area contributed by atoms with Gasteiger partial charge in [0.25, 0.3) is 0 Å². The Morgan fingerprint density at radius 3 is 2.59 bits per heavy atom. The summed E-state index contributed by atoms with van der Waals surface area (Å²) in [7, 11) is 0. The van der Waals surface area contributed by atoms with Crippen molar-refractivity contribution in [1.29, 1.82) is 0 Å². The van der Waals surface area contributed by atoms with E-state index >= 15 is 0 Å². The fraction of sp³-hybridized carbons (Fsp3) is 0.286. The third kappa shape index (κ3) is 4.45.